The Labute approximate surface area is 114 Å². The molecular weight excluding hydrogens is 264 g/mol. The molecule has 2 rings (SSSR count). The van der Waals surface area contributed by atoms with Crippen LogP contribution in [0.4, 0.5) is 0 Å². The quantitative estimate of drug-likeness (QED) is 0.810. The Morgan fingerprint density at radius 2 is 2.16 bits per heavy atom. The smallest absolute Gasteiger partial charge is 0.308 e. The van der Waals surface area contributed by atoms with E-state index in [-0.39, 0.29) is 6.54 Å². The van der Waals surface area contributed by atoms with Crippen molar-refractivity contribution in [3.8, 4) is 0 Å². The van der Waals surface area contributed by atoms with E-state index in [0.29, 0.717) is 11.6 Å². The van der Waals surface area contributed by atoms with Gasteiger partial charge in [0, 0.05) is 4.90 Å². The summed E-state index contributed by atoms with van der Waals surface area (Å²) in [6, 6.07) is 9.93. The fraction of sp³-hybridized carbons (Fsp3) is 0.333. The number of carboxylic acid groups (broad SMARTS) is 1. The molecule has 0 aliphatic heterocycles. The summed E-state index contributed by atoms with van der Waals surface area (Å²) in [6.07, 6.45) is 0. The molecule has 1 heterocycles. The van der Waals surface area contributed by atoms with Gasteiger partial charge in [0.25, 0.3) is 0 Å². The van der Waals surface area contributed by atoms with Crippen LogP contribution in [0.1, 0.15) is 12.7 Å². The summed E-state index contributed by atoms with van der Waals surface area (Å²) >= 11 is 1.62. The maximum atomic E-state index is 10.8. The summed E-state index contributed by atoms with van der Waals surface area (Å²) in [5.74, 6) is -0.0633. The molecule has 1 unspecified atom stereocenters. The number of carbonyl (C=O) groups is 1. The van der Waals surface area contributed by atoms with Crippen molar-refractivity contribution < 1.29 is 9.90 Å². The Kier molecular flexibility index (Phi) is 4.51. The predicted octanol–water partition coefficient (Wildman–Crippen LogP) is 1.69. The van der Waals surface area contributed by atoms with E-state index in [9.17, 15) is 4.79 Å². The van der Waals surface area contributed by atoms with E-state index in [1.54, 1.807) is 23.4 Å². The molecule has 2 aromatic rings. The molecule has 0 radical (unpaired) electrons. The summed E-state index contributed by atoms with van der Waals surface area (Å²) in [5, 5.41) is 20.3. The van der Waals surface area contributed by atoms with Crippen LogP contribution in [0.5, 0.6) is 0 Å². The van der Waals surface area contributed by atoms with Crippen LogP contribution in [0.15, 0.2) is 35.2 Å². The number of aliphatic carboxylic acids is 1. The molecule has 7 heteroatoms. The van der Waals surface area contributed by atoms with Crippen molar-refractivity contribution in [2.45, 2.75) is 24.1 Å². The number of hydrogen-bond donors (Lipinski definition) is 1. The number of rotatable bonds is 6. The monoisotopic (exact) mass is 278 g/mol. The van der Waals surface area contributed by atoms with Crippen LogP contribution in [0.3, 0.4) is 0 Å². The van der Waals surface area contributed by atoms with Crippen molar-refractivity contribution in [2.24, 2.45) is 5.92 Å². The molecular formula is C12H14N4O2S. The van der Waals surface area contributed by atoms with Crippen LogP contribution in [-0.4, -0.2) is 31.3 Å². The zero-order valence-electron chi connectivity index (χ0n) is 10.4. The lowest BCUT2D eigenvalue weighted by atomic mass is 10.2. The Balaban J connectivity index is 1.98. The second-order valence-electron chi connectivity index (χ2n) is 4.12. The third-order valence-electron chi connectivity index (χ3n) is 2.59. The first-order valence-electron chi connectivity index (χ1n) is 5.82. The zero-order valence-corrected chi connectivity index (χ0v) is 11.2. The number of benzene rings is 1. The molecule has 6 nitrogen and oxygen atoms in total. The molecule has 0 fully saturated rings. The SMILES string of the molecule is CC(Cn1nnnc1CSc1ccccc1)C(=O)O. The van der Waals surface area contributed by atoms with Gasteiger partial charge in [-0.1, -0.05) is 25.1 Å². The number of aromatic nitrogens is 4. The number of hydrogen-bond acceptors (Lipinski definition) is 5. The number of carboxylic acids is 1. The predicted molar refractivity (Wildman–Crippen MR) is 70.6 cm³/mol. The average molecular weight is 278 g/mol. The molecule has 19 heavy (non-hydrogen) atoms. The van der Waals surface area contributed by atoms with E-state index in [1.165, 1.54) is 0 Å². The molecule has 0 spiro atoms. The number of nitrogens with zero attached hydrogens (tertiary/aromatic N) is 4. The third kappa shape index (κ3) is 3.78. The molecule has 0 aliphatic carbocycles. The third-order valence-corrected chi connectivity index (χ3v) is 3.59. The minimum absolute atomic E-state index is 0.285. The van der Waals surface area contributed by atoms with Crippen LogP contribution < -0.4 is 0 Å². The molecule has 1 aromatic carbocycles. The van der Waals surface area contributed by atoms with Crippen LogP contribution in [0.25, 0.3) is 0 Å². The molecule has 1 atom stereocenters. The van der Waals surface area contributed by atoms with Gasteiger partial charge in [0.15, 0.2) is 5.82 Å². The highest BCUT2D eigenvalue weighted by Crippen LogP contribution is 2.21. The largest absolute Gasteiger partial charge is 0.481 e. The van der Waals surface area contributed by atoms with Crippen molar-refractivity contribution in [3.63, 3.8) is 0 Å². The van der Waals surface area contributed by atoms with Crippen molar-refractivity contribution in [1.29, 1.82) is 0 Å². The van der Waals surface area contributed by atoms with Crippen molar-refractivity contribution in [1.82, 2.24) is 20.2 Å². The first-order chi connectivity index (χ1) is 9.16. The zero-order chi connectivity index (χ0) is 13.7. The Hall–Kier alpha value is -1.89. The number of tetrazole rings is 1. The lowest BCUT2D eigenvalue weighted by Gasteiger charge is -2.07. The summed E-state index contributed by atoms with van der Waals surface area (Å²) in [6.45, 7) is 1.92. The highest BCUT2D eigenvalue weighted by atomic mass is 32.2. The summed E-state index contributed by atoms with van der Waals surface area (Å²) in [7, 11) is 0. The van der Waals surface area contributed by atoms with Gasteiger partial charge in [-0.15, -0.1) is 16.9 Å². The van der Waals surface area contributed by atoms with Gasteiger partial charge < -0.3 is 5.11 Å². The highest BCUT2D eigenvalue weighted by molar-refractivity contribution is 7.98. The highest BCUT2D eigenvalue weighted by Gasteiger charge is 2.15. The van der Waals surface area contributed by atoms with Gasteiger partial charge in [0.2, 0.25) is 0 Å². The minimum Gasteiger partial charge on any atom is -0.481 e. The normalized spacial score (nSPS) is 12.3. The van der Waals surface area contributed by atoms with E-state index in [1.807, 2.05) is 30.3 Å². The molecule has 0 saturated carbocycles. The average Bonchev–Trinajstić information content (AvgIpc) is 2.85. The van der Waals surface area contributed by atoms with Crippen molar-refractivity contribution >= 4 is 17.7 Å². The molecule has 0 amide bonds. The maximum Gasteiger partial charge on any atom is 0.308 e. The molecule has 0 bridgehead atoms. The molecule has 0 aliphatic rings. The Bertz CT molecular complexity index is 544. The van der Waals surface area contributed by atoms with Gasteiger partial charge in [0.1, 0.15) is 0 Å². The van der Waals surface area contributed by atoms with Crippen LogP contribution in [0, 0.1) is 5.92 Å². The maximum absolute atomic E-state index is 10.8. The first kappa shape index (κ1) is 13.5. The van der Waals surface area contributed by atoms with E-state index in [2.05, 4.69) is 15.5 Å². The lowest BCUT2D eigenvalue weighted by molar-refractivity contribution is -0.141. The fourth-order valence-electron chi connectivity index (χ4n) is 1.47. The van der Waals surface area contributed by atoms with Crippen LogP contribution >= 0.6 is 11.8 Å². The second-order valence-corrected chi connectivity index (χ2v) is 5.17. The Morgan fingerprint density at radius 1 is 1.42 bits per heavy atom. The summed E-state index contributed by atoms with van der Waals surface area (Å²) in [4.78, 5) is 12.0. The Morgan fingerprint density at radius 3 is 2.84 bits per heavy atom. The second kappa shape index (κ2) is 6.33. The lowest BCUT2D eigenvalue weighted by Crippen LogP contribution is -2.19. The summed E-state index contributed by atoms with van der Waals surface area (Å²) in [5.41, 5.74) is 0. The minimum atomic E-state index is -0.850. The van der Waals surface area contributed by atoms with Crippen LogP contribution in [-0.2, 0) is 17.1 Å². The van der Waals surface area contributed by atoms with Gasteiger partial charge in [0.05, 0.1) is 18.2 Å². The number of thioether (sulfide) groups is 1. The van der Waals surface area contributed by atoms with E-state index in [0.717, 1.165) is 4.90 Å². The van der Waals surface area contributed by atoms with Crippen molar-refractivity contribution in [3.05, 3.63) is 36.2 Å². The first-order valence-corrected chi connectivity index (χ1v) is 6.81. The van der Waals surface area contributed by atoms with Gasteiger partial charge in [-0.2, -0.15) is 0 Å². The van der Waals surface area contributed by atoms with Gasteiger partial charge in [-0.05, 0) is 22.6 Å². The molecule has 0 saturated heterocycles. The standard InChI is InChI=1S/C12H14N4O2S/c1-9(12(17)18)7-16-11(13-14-15-16)8-19-10-5-3-2-4-6-10/h2-6,9H,7-8H2,1H3,(H,17,18). The van der Waals surface area contributed by atoms with Gasteiger partial charge >= 0.3 is 5.97 Å². The van der Waals surface area contributed by atoms with Crippen LogP contribution in [0.2, 0.25) is 0 Å². The summed E-state index contributed by atoms with van der Waals surface area (Å²) < 4.78 is 1.55. The molecule has 100 valence electrons. The van der Waals surface area contributed by atoms with E-state index >= 15 is 0 Å². The van der Waals surface area contributed by atoms with E-state index in [4.69, 9.17) is 5.11 Å². The molecule has 1 N–H and O–H groups in total. The van der Waals surface area contributed by atoms with E-state index < -0.39 is 11.9 Å². The molecule has 1 aromatic heterocycles. The fourth-order valence-corrected chi connectivity index (χ4v) is 2.32. The van der Waals surface area contributed by atoms with Crippen molar-refractivity contribution in [2.75, 3.05) is 0 Å². The van der Waals surface area contributed by atoms with Gasteiger partial charge in [-0.25, -0.2) is 4.68 Å². The topological polar surface area (TPSA) is 80.9 Å². The van der Waals surface area contributed by atoms with Gasteiger partial charge in [-0.3, -0.25) is 4.79 Å².